The summed E-state index contributed by atoms with van der Waals surface area (Å²) >= 11 is 0. The Morgan fingerprint density at radius 1 is 1.03 bits per heavy atom. The average Bonchev–Trinajstić information content (AvgIpc) is 2.70. The van der Waals surface area contributed by atoms with Crippen molar-refractivity contribution in [2.24, 2.45) is 5.41 Å². The highest BCUT2D eigenvalue weighted by atomic mass is 16.7. The summed E-state index contributed by atoms with van der Waals surface area (Å²) in [5, 5.41) is 41.2. The largest absolute Gasteiger partial charge is 0.461 e. The van der Waals surface area contributed by atoms with Crippen molar-refractivity contribution in [2.75, 3.05) is 6.61 Å². The molecule has 1 aromatic carbocycles. The Labute approximate surface area is 174 Å². The maximum Gasteiger partial charge on any atom is 0.408 e. The first-order valence-electron chi connectivity index (χ1n) is 9.52. The van der Waals surface area contributed by atoms with Crippen LogP contribution in [0.5, 0.6) is 0 Å². The van der Waals surface area contributed by atoms with Crippen LogP contribution < -0.4 is 5.32 Å². The first-order valence-corrected chi connectivity index (χ1v) is 9.52. The Bertz CT molecular complexity index is 706. The molecule has 0 spiro atoms. The van der Waals surface area contributed by atoms with Crippen LogP contribution in [0.15, 0.2) is 30.3 Å². The topological polar surface area (TPSA) is 155 Å². The molecule has 1 aliphatic rings. The molecule has 10 heteroatoms. The van der Waals surface area contributed by atoms with Gasteiger partial charge in [-0.25, -0.2) is 9.59 Å². The molecule has 5 N–H and O–H groups in total. The second-order valence-electron chi connectivity index (χ2n) is 8.17. The fraction of sp³-hybridized carbons (Fsp3) is 0.600. The van der Waals surface area contributed by atoms with Crippen molar-refractivity contribution in [3.05, 3.63) is 35.9 Å². The van der Waals surface area contributed by atoms with Gasteiger partial charge in [-0.05, 0) is 11.0 Å². The monoisotopic (exact) mass is 427 g/mol. The number of hydrogen-bond donors (Lipinski definition) is 5. The van der Waals surface area contributed by atoms with Crippen LogP contribution in [0.2, 0.25) is 0 Å². The SMILES string of the molecule is CC(C)(C)[C@@H](NC(=O)OCc1ccccc1)C(=O)OC[C@@H]1O[C@@H](O)[C@@H](O)[C@@H](O)[C@@H]1O. The van der Waals surface area contributed by atoms with Gasteiger partial charge in [0.1, 0.15) is 43.7 Å². The van der Waals surface area contributed by atoms with Crippen molar-refractivity contribution in [3.63, 3.8) is 0 Å². The molecular weight excluding hydrogens is 398 g/mol. The van der Waals surface area contributed by atoms with Gasteiger partial charge in [-0.15, -0.1) is 0 Å². The van der Waals surface area contributed by atoms with E-state index in [1.807, 2.05) is 6.07 Å². The van der Waals surface area contributed by atoms with E-state index in [0.717, 1.165) is 5.56 Å². The lowest BCUT2D eigenvalue weighted by molar-refractivity contribution is -0.287. The molecule has 10 nitrogen and oxygen atoms in total. The summed E-state index contributed by atoms with van der Waals surface area (Å²) in [6.07, 6.45) is -8.73. The van der Waals surface area contributed by atoms with Crippen molar-refractivity contribution in [1.82, 2.24) is 5.32 Å². The zero-order chi connectivity index (χ0) is 22.5. The van der Waals surface area contributed by atoms with Crippen LogP contribution >= 0.6 is 0 Å². The number of aliphatic hydroxyl groups excluding tert-OH is 4. The molecule has 30 heavy (non-hydrogen) atoms. The summed E-state index contributed by atoms with van der Waals surface area (Å²) in [6, 6.07) is 7.94. The maximum atomic E-state index is 12.6. The second kappa shape index (κ2) is 10.2. The normalized spacial score (nSPS) is 27.8. The molecule has 0 bridgehead atoms. The van der Waals surface area contributed by atoms with E-state index in [-0.39, 0.29) is 6.61 Å². The van der Waals surface area contributed by atoms with Crippen molar-refractivity contribution >= 4 is 12.1 Å². The highest BCUT2D eigenvalue weighted by Crippen LogP contribution is 2.23. The zero-order valence-electron chi connectivity index (χ0n) is 17.1. The third-order valence-corrected chi connectivity index (χ3v) is 4.65. The third kappa shape index (κ3) is 6.38. The minimum Gasteiger partial charge on any atom is -0.461 e. The minimum absolute atomic E-state index is 0.0266. The smallest absolute Gasteiger partial charge is 0.408 e. The van der Waals surface area contributed by atoms with Gasteiger partial charge in [-0.1, -0.05) is 51.1 Å². The quantitative estimate of drug-likeness (QED) is 0.384. The van der Waals surface area contributed by atoms with Crippen molar-refractivity contribution < 1.29 is 44.2 Å². The minimum atomic E-state index is -1.74. The molecule has 0 radical (unpaired) electrons. The molecule has 1 fully saturated rings. The first-order chi connectivity index (χ1) is 14.0. The molecule has 0 saturated carbocycles. The summed E-state index contributed by atoms with van der Waals surface area (Å²) in [6.45, 7) is 4.66. The summed E-state index contributed by atoms with van der Waals surface area (Å²) in [7, 11) is 0. The zero-order valence-corrected chi connectivity index (χ0v) is 17.1. The molecule has 1 heterocycles. The standard InChI is InChI=1S/C20H29NO9/c1-20(2,3)16(21-19(27)29-9-11-7-5-4-6-8-11)18(26)28-10-12-13(22)14(23)15(24)17(25)30-12/h4-8,12-17,22-25H,9-10H2,1-3H3,(H,21,27)/t12-,13+,14-,15-,16-,17+/m0/s1. The number of nitrogens with one attached hydrogen (secondary N) is 1. The lowest BCUT2D eigenvalue weighted by atomic mass is 9.87. The molecule has 1 aliphatic heterocycles. The van der Waals surface area contributed by atoms with Crippen LogP contribution in [0.3, 0.4) is 0 Å². The number of carbonyl (C=O) groups excluding carboxylic acids is 2. The number of aliphatic hydroxyl groups is 4. The van der Waals surface area contributed by atoms with Gasteiger partial charge in [0.25, 0.3) is 0 Å². The van der Waals surface area contributed by atoms with E-state index in [1.54, 1.807) is 45.0 Å². The summed E-state index contributed by atoms with van der Waals surface area (Å²) in [5.74, 6) is -0.815. The molecule has 2 rings (SSSR count). The molecule has 0 aliphatic carbocycles. The number of amides is 1. The molecule has 1 amide bonds. The molecule has 0 aromatic heterocycles. The Morgan fingerprint density at radius 3 is 2.27 bits per heavy atom. The fourth-order valence-corrected chi connectivity index (χ4v) is 2.83. The number of rotatable bonds is 6. The second-order valence-corrected chi connectivity index (χ2v) is 8.17. The van der Waals surface area contributed by atoms with Gasteiger partial charge in [0, 0.05) is 0 Å². The summed E-state index contributed by atoms with van der Waals surface area (Å²) in [4.78, 5) is 24.7. The maximum absolute atomic E-state index is 12.6. The molecule has 168 valence electrons. The summed E-state index contributed by atoms with van der Waals surface area (Å²) in [5.41, 5.74) is 0.0506. The van der Waals surface area contributed by atoms with Crippen LogP contribution in [0.25, 0.3) is 0 Å². The lowest BCUT2D eigenvalue weighted by Crippen LogP contribution is -2.59. The average molecular weight is 427 g/mol. The molecular formula is C20H29NO9. The lowest BCUT2D eigenvalue weighted by Gasteiger charge is -2.38. The van der Waals surface area contributed by atoms with Crippen molar-refractivity contribution in [3.8, 4) is 0 Å². The third-order valence-electron chi connectivity index (χ3n) is 4.65. The molecule has 1 aromatic rings. The van der Waals surface area contributed by atoms with Crippen molar-refractivity contribution in [2.45, 2.75) is 64.1 Å². The van der Waals surface area contributed by atoms with Gasteiger partial charge in [0.05, 0.1) is 0 Å². The van der Waals surface area contributed by atoms with Crippen LogP contribution in [-0.2, 0) is 25.6 Å². The number of benzene rings is 1. The predicted molar refractivity (Wildman–Crippen MR) is 103 cm³/mol. The highest BCUT2D eigenvalue weighted by Gasteiger charge is 2.44. The molecule has 0 unspecified atom stereocenters. The van der Waals surface area contributed by atoms with E-state index in [9.17, 15) is 30.0 Å². The van der Waals surface area contributed by atoms with E-state index in [0.29, 0.717) is 0 Å². The van der Waals surface area contributed by atoms with E-state index in [4.69, 9.17) is 14.2 Å². The Hall–Kier alpha value is -2.24. The predicted octanol–water partition coefficient (Wildman–Crippen LogP) is -0.329. The van der Waals surface area contributed by atoms with E-state index in [1.165, 1.54) is 0 Å². The van der Waals surface area contributed by atoms with Gasteiger partial charge in [-0.2, -0.15) is 0 Å². The highest BCUT2D eigenvalue weighted by molar-refractivity contribution is 5.82. The number of hydrogen-bond acceptors (Lipinski definition) is 9. The van der Waals surface area contributed by atoms with Crippen LogP contribution in [0.1, 0.15) is 26.3 Å². The Kier molecular flexibility index (Phi) is 8.16. The van der Waals surface area contributed by atoms with Crippen LogP contribution in [0, 0.1) is 5.41 Å². The Morgan fingerprint density at radius 2 is 1.67 bits per heavy atom. The summed E-state index contributed by atoms with van der Waals surface area (Å²) < 4.78 is 15.2. The van der Waals surface area contributed by atoms with Gasteiger partial charge in [0.2, 0.25) is 0 Å². The van der Waals surface area contributed by atoms with Gasteiger partial charge in [-0.3, -0.25) is 0 Å². The van der Waals surface area contributed by atoms with E-state index < -0.39 is 60.8 Å². The van der Waals surface area contributed by atoms with Crippen LogP contribution in [-0.4, -0.2) is 75.8 Å². The molecule has 1 saturated heterocycles. The van der Waals surface area contributed by atoms with E-state index >= 15 is 0 Å². The van der Waals surface area contributed by atoms with Crippen molar-refractivity contribution in [1.29, 1.82) is 0 Å². The number of alkyl carbamates (subject to hydrolysis) is 1. The number of ether oxygens (including phenoxy) is 3. The fourth-order valence-electron chi connectivity index (χ4n) is 2.83. The van der Waals surface area contributed by atoms with Crippen LogP contribution in [0.4, 0.5) is 4.79 Å². The van der Waals surface area contributed by atoms with E-state index in [2.05, 4.69) is 5.32 Å². The Balaban J connectivity index is 1.92. The van der Waals surface area contributed by atoms with Gasteiger partial charge >= 0.3 is 12.1 Å². The molecule has 6 atom stereocenters. The van der Waals surface area contributed by atoms with Gasteiger partial charge in [0.15, 0.2) is 6.29 Å². The first kappa shape index (κ1) is 24.0. The number of carbonyl (C=O) groups is 2. The van der Waals surface area contributed by atoms with Gasteiger partial charge < -0.3 is 40.0 Å². The number of esters is 1.